The Hall–Kier alpha value is -1.10. The Morgan fingerprint density at radius 2 is 1.69 bits per heavy atom. The summed E-state index contributed by atoms with van der Waals surface area (Å²) in [6.45, 7) is 6.43. The summed E-state index contributed by atoms with van der Waals surface area (Å²) in [6.07, 6.45) is 1.02. The fourth-order valence-corrected chi connectivity index (χ4v) is 1.14. The van der Waals surface area contributed by atoms with E-state index in [4.69, 9.17) is 9.47 Å². The molecule has 0 bridgehead atoms. The molecule has 1 N–H and O–H groups in total. The Morgan fingerprint density at radius 3 is 2.25 bits per heavy atom. The van der Waals surface area contributed by atoms with E-state index in [-0.39, 0.29) is 24.5 Å². The summed E-state index contributed by atoms with van der Waals surface area (Å²) in [5, 5.41) is 2.98. The first-order valence-electron chi connectivity index (χ1n) is 5.64. The zero-order valence-electron chi connectivity index (χ0n) is 10.2. The topological polar surface area (TPSA) is 64.6 Å². The molecule has 0 aromatic carbocycles. The van der Waals surface area contributed by atoms with Gasteiger partial charge in [0.1, 0.15) is 0 Å². The van der Waals surface area contributed by atoms with E-state index in [9.17, 15) is 9.59 Å². The predicted molar refractivity (Wildman–Crippen MR) is 60.0 cm³/mol. The first kappa shape index (κ1) is 14.9. The lowest BCUT2D eigenvalue weighted by Crippen LogP contribution is -2.32. The second kappa shape index (κ2) is 9.15. The van der Waals surface area contributed by atoms with Gasteiger partial charge in [0.05, 0.1) is 19.8 Å². The van der Waals surface area contributed by atoms with Crippen LogP contribution < -0.4 is 5.32 Å². The predicted octanol–water partition coefficient (Wildman–Crippen LogP) is 0.871. The van der Waals surface area contributed by atoms with Gasteiger partial charge in [-0.1, -0.05) is 0 Å². The van der Waals surface area contributed by atoms with Gasteiger partial charge in [0.15, 0.2) is 0 Å². The number of ether oxygens (including phenoxy) is 2. The molecular formula is C11H21NO4. The molecule has 0 fully saturated rings. The van der Waals surface area contributed by atoms with Crippen LogP contribution in [0.1, 0.15) is 33.6 Å². The van der Waals surface area contributed by atoms with E-state index in [1.807, 2.05) is 6.92 Å². The Morgan fingerprint density at radius 1 is 1.12 bits per heavy atom. The van der Waals surface area contributed by atoms with Crippen molar-refractivity contribution in [1.29, 1.82) is 0 Å². The molecule has 0 amide bonds. The number of carbonyl (C=O) groups excluding carboxylic acids is 2. The van der Waals surface area contributed by atoms with E-state index in [2.05, 4.69) is 5.32 Å². The van der Waals surface area contributed by atoms with E-state index in [0.717, 1.165) is 0 Å². The average Bonchev–Trinajstić information content (AvgIpc) is 2.24. The van der Waals surface area contributed by atoms with Gasteiger partial charge < -0.3 is 14.8 Å². The molecule has 0 rings (SSSR count). The molecule has 5 nitrogen and oxygen atoms in total. The van der Waals surface area contributed by atoms with Gasteiger partial charge in [0.2, 0.25) is 0 Å². The summed E-state index contributed by atoms with van der Waals surface area (Å²) in [5.41, 5.74) is 0. The van der Waals surface area contributed by atoms with Crippen molar-refractivity contribution >= 4 is 11.9 Å². The van der Waals surface area contributed by atoms with E-state index in [1.165, 1.54) is 0 Å². The summed E-state index contributed by atoms with van der Waals surface area (Å²) in [7, 11) is 0. The number of hydrogen-bond donors (Lipinski definition) is 1. The molecule has 0 radical (unpaired) electrons. The third-order valence-electron chi connectivity index (χ3n) is 1.99. The van der Waals surface area contributed by atoms with Crippen molar-refractivity contribution in [3.63, 3.8) is 0 Å². The van der Waals surface area contributed by atoms with Crippen molar-refractivity contribution in [1.82, 2.24) is 5.32 Å². The third-order valence-corrected chi connectivity index (χ3v) is 1.99. The quantitative estimate of drug-likeness (QED) is 0.628. The van der Waals surface area contributed by atoms with Gasteiger partial charge in [-0.05, 0) is 27.2 Å². The van der Waals surface area contributed by atoms with Crippen LogP contribution in [0, 0.1) is 0 Å². The largest absolute Gasteiger partial charge is 0.466 e. The van der Waals surface area contributed by atoms with E-state index in [0.29, 0.717) is 26.1 Å². The highest BCUT2D eigenvalue weighted by molar-refractivity contribution is 5.71. The second-order valence-electron chi connectivity index (χ2n) is 3.43. The Kier molecular flexibility index (Phi) is 8.52. The van der Waals surface area contributed by atoms with Crippen LogP contribution in [0.4, 0.5) is 0 Å². The second-order valence-corrected chi connectivity index (χ2v) is 3.43. The highest BCUT2D eigenvalue weighted by Gasteiger charge is 2.08. The van der Waals surface area contributed by atoms with Crippen LogP contribution in [0.15, 0.2) is 0 Å². The van der Waals surface area contributed by atoms with Crippen molar-refractivity contribution in [2.45, 2.75) is 39.7 Å². The fraction of sp³-hybridized carbons (Fsp3) is 0.818. The van der Waals surface area contributed by atoms with Gasteiger partial charge >= 0.3 is 11.9 Å². The SMILES string of the molecule is CCOC(=O)CC[C@@H](C)NCC(=O)OCC. The van der Waals surface area contributed by atoms with Crippen LogP contribution in [0.5, 0.6) is 0 Å². The van der Waals surface area contributed by atoms with Gasteiger partial charge in [-0.25, -0.2) is 0 Å². The highest BCUT2D eigenvalue weighted by Crippen LogP contribution is 1.98. The monoisotopic (exact) mass is 231 g/mol. The molecule has 0 aliphatic carbocycles. The number of rotatable bonds is 8. The first-order valence-corrected chi connectivity index (χ1v) is 5.64. The molecule has 94 valence electrons. The molecule has 16 heavy (non-hydrogen) atoms. The van der Waals surface area contributed by atoms with Gasteiger partial charge in [-0.15, -0.1) is 0 Å². The highest BCUT2D eigenvalue weighted by atomic mass is 16.5. The lowest BCUT2D eigenvalue weighted by Gasteiger charge is -2.12. The third kappa shape index (κ3) is 8.23. The van der Waals surface area contributed by atoms with Gasteiger partial charge in [-0.3, -0.25) is 9.59 Å². The Balaban J connectivity index is 3.54. The van der Waals surface area contributed by atoms with Crippen LogP contribution in [0.2, 0.25) is 0 Å². The van der Waals surface area contributed by atoms with Crippen LogP contribution in [-0.4, -0.2) is 37.7 Å². The number of esters is 2. The summed E-state index contributed by atoms with van der Waals surface area (Å²) < 4.78 is 9.56. The zero-order valence-corrected chi connectivity index (χ0v) is 10.2. The molecular weight excluding hydrogens is 210 g/mol. The average molecular weight is 231 g/mol. The molecule has 0 unspecified atom stereocenters. The lowest BCUT2D eigenvalue weighted by molar-refractivity contribution is -0.143. The molecule has 0 aliphatic rings. The number of hydrogen-bond acceptors (Lipinski definition) is 5. The maximum Gasteiger partial charge on any atom is 0.319 e. The van der Waals surface area contributed by atoms with Crippen LogP contribution in [-0.2, 0) is 19.1 Å². The molecule has 0 aromatic heterocycles. The molecule has 0 heterocycles. The minimum Gasteiger partial charge on any atom is -0.466 e. The van der Waals surface area contributed by atoms with Crippen LogP contribution in [0.25, 0.3) is 0 Å². The molecule has 5 heteroatoms. The molecule has 1 atom stereocenters. The zero-order chi connectivity index (χ0) is 12.4. The lowest BCUT2D eigenvalue weighted by atomic mass is 10.2. The normalized spacial score (nSPS) is 11.9. The summed E-state index contributed by atoms with van der Waals surface area (Å²) in [5.74, 6) is -0.474. The Labute approximate surface area is 96.5 Å². The van der Waals surface area contributed by atoms with Crippen molar-refractivity contribution in [3.05, 3.63) is 0 Å². The van der Waals surface area contributed by atoms with E-state index >= 15 is 0 Å². The molecule has 0 saturated carbocycles. The van der Waals surface area contributed by atoms with Crippen molar-refractivity contribution < 1.29 is 19.1 Å². The first-order chi connectivity index (χ1) is 7.60. The minimum atomic E-state index is -0.273. The smallest absolute Gasteiger partial charge is 0.319 e. The van der Waals surface area contributed by atoms with E-state index in [1.54, 1.807) is 13.8 Å². The standard InChI is InChI=1S/C11H21NO4/c1-4-15-10(13)7-6-9(3)12-8-11(14)16-5-2/h9,12H,4-8H2,1-3H3/t9-/m1/s1. The van der Waals surface area contributed by atoms with Gasteiger partial charge in [0.25, 0.3) is 0 Å². The van der Waals surface area contributed by atoms with Crippen molar-refractivity contribution in [3.8, 4) is 0 Å². The summed E-state index contributed by atoms with van der Waals surface area (Å²) in [6, 6.07) is 0.0915. The Bertz CT molecular complexity index is 196. The van der Waals surface area contributed by atoms with Crippen molar-refractivity contribution in [2.75, 3.05) is 19.8 Å². The number of nitrogens with one attached hydrogen (secondary N) is 1. The molecule has 0 saturated heterocycles. The van der Waals surface area contributed by atoms with Gasteiger partial charge in [-0.2, -0.15) is 0 Å². The summed E-state index contributed by atoms with van der Waals surface area (Å²) in [4.78, 5) is 22.1. The molecule has 0 spiro atoms. The summed E-state index contributed by atoms with van der Waals surface area (Å²) >= 11 is 0. The van der Waals surface area contributed by atoms with Crippen molar-refractivity contribution in [2.24, 2.45) is 0 Å². The molecule has 0 aromatic rings. The molecule has 0 aliphatic heterocycles. The van der Waals surface area contributed by atoms with Crippen LogP contribution >= 0.6 is 0 Å². The van der Waals surface area contributed by atoms with Crippen LogP contribution in [0.3, 0.4) is 0 Å². The van der Waals surface area contributed by atoms with Gasteiger partial charge in [0, 0.05) is 12.5 Å². The minimum absolute atomic E-state index is 0.0915. The number of carbonyl (C=O) groups is 2. The van der Waals surface area contributed by atoms with E-state index < -0.39 is 0 Å². The fourth-order valence-electron chi connectivity index (χ4n) is 1.14. The maximum absolute atomic E-state index is 11.0. The maximum atomic E-state index is 11.0.